The Morgan fingerprint density at radius 1 is 1.11 bits per heavy atom. The topological polar surface area (TPSA) is 49.3 Å². The third-order valence-electron chi connectivity index (χ3n) is 3.22. The van der Waals surface area contributed by atoms with Crippen molar-refractivity contribution in [2.24, 2.45) is 0 Å². The summed E-state index contributed by atoms with van der Waals surface area (Å²) in [4.78, 5) is 10.6. The van der Waals surface area contributed by atoms with Gasteiger partial charge in [-0.05, 0) is 19.4 Å². The van der Waals surface area contributed by atoms with E-state index in [9.17, 15) is 22.4 Å². The Hall–Kier alpha value is -1.63. The number of halogens is 4. The fourth-order valence-corrected chi connectivity index (χ4v) is 2.29. The van der Waals surface area contributed by atoms with Gasteiger partial charge in [0.15, 0.2) is 23.3 Å². The Morgan fingerprint density at radius 2 is 1.68 bits per heavy atom. The molecule has 0 aromatic heterocycles. The van der Waals surface area contributed by atoms with Crippen LogP contribution in [0.2, 0.25) is 0 Å². The minimum atomic E-state index is -2.04. The maximum Gasteiger partial charge on any atom is 0.341 e. The second-order valence-corrected chi connectivity index (χ2v) is 4.39. The number of piperidine rings is 1. The zero-order valence-electron chi connectivity index (χ0n) is 9.77. The van der Waals surface area contributed by atoms with Gasteiger partial charge >= 0.3 is 5.97 Å². The highest BCUT2D eigenvalue weighted by atomic mass is 19.2. The molecule has 1 aromatic rings. The van der Waals surface area contributed by atoms with Gasteiger partial charge in [-0.2, -0.15) is 0 Å². The van der Waals surface area contributed by atoms with Gasteiger partial charge in [-0.15, -0.1) is 0 Å². The minimum absolute atomic E-state index is 0.194. The molecular weight excluding hydrogens is 266 g/mol. The van der Waals surface area contributed by atoms with E-state index in [0.29, 0.717) is 19.4 Å². The maximum absolute atomic E-state index is 13.8. The van der Waals surface area contributed by atoms with Crippen molar-refractivity contribution in [3.05, 3.63) is 34.4 Å². The fraction of sp³-hybridized carbons (Fsp3) is 0.417. The van der Waals surface area contributed by atoms with Crippen molar-refractivity contribution < 1.29 is 27.5 Å². The quantitative estimate of drug-likeness (QED) is 0.644. The standard InChI is InChI=1S/C12H11F4NO2/c13-8-6(5-2-1-3-17-4-5)9(14)11(16)7(10(8)15)12(18)19/h5,17H,1-4H2,(H,18,19). The van der Waals surface area contributed by atoms with E-state index in [1.54, 1.807) is 0 Å². The van der Waals surface area contributed by atoms with Crippen LogP contribution in [0.5, 0.6) is 0 Å². The van der Waals surface area contributed by atoms with Crippen molar-refractivity contribution in [2.75, 3.05) is 13.1 Å². The van der Waals surface area contributed by atoms with Crippen molar-refractivity contribution in [1.82, 2.24) is 5.32 Å². The first-order chi connectivity index (χ1) is 8.95. The van der Waals surface area contributed by atoms with Crippen LogP contribution in [-0.4, -0.2) is 24.2 Å². The van der Waals surface area contributed by atoms with E-state index in [1.165, 1.54) is 0 Å². The number of carboxylic acid groups (broad SMARTS) is 1. The van der Waals surface area contributed by atoms with Crippen LogP contribution in [0.4, 0.5) is 17.6 Å². The molecule has 0 amide bonds. The van der Waals surface area contributed by atoms with Crippen LogP contribution in [0, 0.1) is 23.3 Å². The van der Waals surface area contributed by atoms with Crippen molar-refractivity contribution >= 4 is 5.97 Å². The summed E-state index contributed by atoms with van der Waals surface area (Å²) in [5.74, 6) is -9.70. The number of hydrogen-bond donors (Lipinski definition) is 2. The first-order valence-corrected chi connectivity index (χ1v) is 5.75. The van der Waals surface area contributed by atoms with Gasteiger partial charge in [-0.1, -0.05) is 0 Å². The zero-order valence-corrected chi connectivity index (χ0v) is 9.77. The molecule has 19 heavy (non-hydrogen) atoms. The monoisotopic (exact) mass is 277 g/mol. The van der Waals surface area contributed by atoms with Gasteiger partial charge in [0.2, 0.25) is 0 Å². The zero-order chi connectivity index (χ0) is 14.2. The number of aromatic carboxylic acids is 1. The highest BCUT2D eigenvalue weighted by molar-refractivity contribution is 5.88. The Bertz CT molecular complexity index is 498. The summed E-state index contributed by atoms with van der Waals surface area (Å²) in [6.45, 7) is 0.858. The summed E-state index contributed by atoms with van der Waals surface area (Å²) < 4.78 is 54.6. The molecule has 1 saturated heterocycles. The molecule has 0 aliphatic carbocycles. The van der Waals surface area contributed by atoms with Gasteiger partial charge in [0.25, 0.3) is 0 Å². The van der Waals surface area contributed by atoms with E-state index < -0.39 is 46.3 Å². The lowest BCUT2D eigenvalue weighted by Crippen LogP contribution is -2.30. The predicted molar refractivity (Wildman–Crippen MR) is 58.1 cm³/mol. The molecule has 104 valence electrons. The number of carboxylic acids is 1. The smallest absolute Gasteiger partial charge is 0.341 e. The lowest BCUT2D eigenvalue weighted by atomic mass is 9.89. The maximum atomic E-state index is 13.8. The van der Waals surface area contributed by atoms with Crippen molar-refractivity contribution in [2.45, 2.75) is 18.8 Å². The molecule has 7 heteroatoms. The van der Waals surface area contributed by atoms with E-state index >= 15 is 0 Å². The van der Waals surface area contributed by atoms with Crippen LogP contribution in [0.25, 0.3) is 0 Å². The molecular formula is C12H11F4NO2. The number of benzene rings is 1. The normalized spacial score (nSPS) is 19.5. The summed E-state index contributed by atoms with van der Waals surface area (Å²) >= 11 is 0. The number of carbonyl (C=O) groups is 1. The minimum Gasteiger partial charge on any atom is -0.477 e. The number of hydrogen-bond acceptors (Lipinski definition) is 2. The Kier molecular flexibility index (Phi) is 3.75. The first-order valence-electron chi connectivity index (χ1n) is 5.75. The van der Waals surface area contributed by atoms with Crippen molar-refractivity contribution in [1.29, 1.82) is 0 Å². The lowest BCUT2D eigenvalue weighted by molar-refractivity contribution is 0.0683. The van der Waals surface area contributed by atoms with Crippen LogP contribution in [0.15, 0.2) is 0 Å². The summed E-state index contributed by atoms with van der Waals surface area (Å²) in [6, 6.07) is 0. The largest absolute Gasteiger partial charge is 0.477 e. The average molecular weight is 277 g/mol. The first kappa shape index (κ1) is 13.8. The highest BCUT2D eigenvalue weighted by Gasteiger charge is 2.32. The molecule has 1 aliphatic rings. The highest BCUT2D eigenvalue weighted by Crippen LogP contribution is 2.32. The van der Waals surface area contributed by atoms with Crippen molar-refractivity contribution in [3.8, 4) is 0 Å². The molecule has 0 radical (unpaired) electrons. The van der Waals surface area contributed by atoms with E-state index in [4.69, 9.17) is 5.11 Å². The van der Waals surface area contributed by atoms with Crippen LogP contribution in [0.3, 0.4) is 0 Å². The summed E-state index contributed by atoms with van der Waals surface area (Å²) in [6.07, 6.45) is 1.000. The molecule has 1 unspecified atom stereocenters. The molecule has 1 aromatic carbocycles. The summed E-state index contributed by atoms with van der Waals surface area (Å²) in [7, 11) is 0. The molecule has 3 nitrogen and oxygen atoms in total. The molecule has 0 saturated carbocycles. The second-order valence-electron chi connectivity index (χ2n) is 4.39. The van der Waals surface area contributed by atoms with Gasteiger partial charge < -0.3 is 10.4 Å². The summed E-state index contributed by atoms with van der Waals surface area (Å²) in [5, 5.41) is 11.4. The third-order valence-corrected chi connectivity index (χ3v) is 3.22. The molecule has 1 fully saturated rings. The van der Waals surface area contributed by atoms with Gasteiger partial charge in [0.05, 0.1) is 0 Å². The van der Waals surface area contributed by atoms with Gasteiger partial charge in [-0.25, -0.2) is 22.4 Å². The average Bonchev–Trinajstić information content (AvgIpc) is 2.38. The number of rotatable bonds is 2. The molecule has 0 spiro atoms. The van der Waals surface area contributed by atoms with E-state index in [1.807, 2.05) is 0 Å². The molecule has 1 heterocycles. The molecule has 0 bridgehead atoms. The summed E-state index contributed by atoms with van der Waals surface area (Å²) in [5.41, 5.74) is -2.31. The fourth-order valence-electron chi connectivity index (χ4n) is 2.29. The third kappa shape index (κ3) is 2.30. The van der Waals surface area contributed by atoms with E-state index in [-0.39, 0.29) is 6.54 Å². The van der Waals surface area contributed by atoms with Gasteiger partial charge in [0.1, 0.15) is 5.56 Å². The van der Waals surface area contributed by atoms with E-state index in [2.05, 4.69) is 5.32 Å². The van der Waals surface area contributed by atoms with Crippen LogP contribution in [-0.2, 0) is 0 Å². The van der Waals surface area contributed by atoms with Crippen LogP contribution < -0.4 is 5.32 Å². The Morgan fingerprint density at radius 3 is 2.11 bits per heavy atom. The Labute approximate surface area is 106 Å². The van der Waals surface area contributed by atoms with Gasteiger partial charge in [-0.3, -0.25) is 0 Å². The van der Waals surface area contributed by atoms with Crippen molar-refractivity contribution in [3.63, 3.8) is 0 Å². The van der Waals surface area contributed by atoms with Crippen LogP contribution in [0.1, 0.15) is 34.7 Å². The predicted octanol–water partition coefficient (Wildman–Crippen LogP) is 2.41. The molecule has 1 atom stereocenters. The van der Waals surface area contributed by atoms with Crippen LogP contribution >= 0.6 is 0 Å². The lowest BCUT2D eigenvalue weighted by Gasteiger charge is -2.24. The molecule has 2 N–H and O–H groups in total. The molecule has 2 rings (SSSR count). The van der Waals surface area contributed by atoms with Gasteiger partial charge in [0, 0.05) is 18.0 Å². The Balaban J connectivity index is 2.59. The SMILES string of the molecule is O=C(O)c1c(F)c(F)c(C2CCCNC2)c(F)c1F. The number of nitrogens with one attached hydrogen (secondary N) is 1. The second kappa shape index (κ2) is 5.16. The molecule has 1 aliphatic heterocycles. The van der Waals surface area contributed by atoms with E-state index in [0.717, 1.165) is 0 Å².